The van der Waals surface area contributed by atoms with Crippen LogP contribution in [0.5, 0.6) is 0 Å². The predicted octanol–water partition coefficient (Wildman–Crippen LogP) is 3.40. The Bertz CT molecular complexity index is 965. The van der Waals surface area contributed by atoms with E-state index in [1.807, 2.05) is 31.2 Å². The standard InChI is InChI=1S/C20H19N3O4/c1-13-6-5-7-14(12-13)19-22-18(27-23-19)11-10-17(24)21-16-9-4-3-8-15(16)20(25)26-2/h3-9,12H,10-11H2,1-2H3,(H,21,24). The number of anilines is 1. The van der Waals surface area contributed by atoms with Gasteiger partial charge >= 0.3 is 5.97 Å². The van der Waals surface area contributed by atoms with E-state index in [-0.39, 0.29) is 12.3 Å². The molecule has 1 heterocycles. The van der Waals surface area contributed by atoms with Crippen molar-refractivity contribution >= 4 is 17.6 Å². The molecule has 0 aliphatic carbocycles. The average Bonchev–Trinajstić information content (AvgIpc) is 3.15. The number of carbonyl (C=O) groups excluding carboxylic acids is 2. The van der Waals surface area contributed by atoms with Crippen molar-refractivity contribution in [3.63, 3.8) is 0 Å². The van der Waals surface area contributed by atoms with Gasteiger partial charge in [-0.25, -0.2) is 4.79 Å². The van der Waals surface area contributed by atoms with Crippen LogP contribution in [0.4, 0.5) is 5.69 Å². The Hall–Kier alpha value is -3.48. The fraction of sp³-hybridized carbons (Fsp3) is 0.200. The van der Waals surface area contributed by atoms with Crippen molar-refractivity contribution in [2.24, 2.45) is 0 Å². The van der Waals surface area contributed by atoms with E-state index in [0.717, 1.165) is 11.1 Å². The van der Waals surface area contributed by atoms with Gasteiger partial charge < -0.3 is 14.6 Å². The number of carbonyl (C=O) groups is 2. The van der Waals surface area contributed by atoms with E-state index in [1.54, 1.807) is 24.3 Å². The molecule has 7 nitrogen and oxygen atoms in total. The van der Waals surface area contributed by atoms with Crippen LogP contribution in [0.2, 0.25) is 0 Å². The molecule has 1 aromatic heterocycles. The lowest BCUT2D eigenvalue weighted by molar-refractivity contribution is -0.116. The van der Waals surface area contributed by atoms with E-state index in [9.17, 15) is 9.59 Å². The molecule has 0 saturated heterocycles. The van der Waals surface area contributed by atoms with E-state index in [4.69, 9.17) is 9.26 Å². The lowest BCUT2D eigenvalue weighted by Gasteiger charge is -2.08. The molecule has 0 bridgehead atoms. The second kappa shape index (κ2) is 8.27. The first-order valence-corrected chi connectivity index (χ1v) is 8.43. The molecule has 3 rings (SSSR count). The van der Waals surface area contributed by atoms with Crippen LogP contribution in [-0.4, -0.2) is 29.1 Å². The summed E-state index contributed by atoms with van der Waals surface area (Å²) in [6.07, 6.45) is 0.440. The topological polar surface area (TPSA) is 94.3 Å². The van der Waals surface area contributed by atoms with Crippen molar-refractivity contribution in [1.29, 1.82) is 0 Å². The highest BCUT2D eigenvalue weighted by Gasteiger charge is 2.15. The van der Waals surface area contributed by atoms with Crippen LogP contribution in [0.3, 0.4) is 0 Å². The lowest BCUT2D eigenvalue weighted by Crippen LogP contribution is -2.15. The second-order valence-electron chi connectivity index (χ2n) is 5.97. The van der Waals surface area contributed by atoms with Crippen LogP contribution in [-0.2, 0) is 16.0 Å². The minimum Gasteiger partial charge on any atom is -0.465 e. The molecule has 0 unspecified atom stereocenters. The van der Waals surface area contributed by atoms with Gasteiger partial charge in [-0.15, -0.1) is 0 Å². The van der Waals surface area contributed by atoms with E-state index in [1.165, 1.54) is 7.11 Å². The zero-order chi connectivity index (χ0) is 19.2. The maximum atomic E-state index is 12.2. The summed E-state index contributed by atoms with van der Waals surface area (Å²) >= 11 is 0. The summed E-state index contributed by atoms with van der Waals surface area (Å²) in [5.41, 5.74) is 2.66. The summed E-state index contributed by atoms with van der Waals surface area (Å²) in [6.45, 7) is 1.99. The van der Waals surface area contributed by atoms with Gasteiger partial charge in [-0.1, -0.05) is 41.1 Å². The van der Waals surface area contributed by atoms with Gasteiger partial charge in [-0.05, 0) is 25.1 Å². The summed E-state index contributed by atoms with van der Waals surface area (Å²) in [6, 6.07) is 14.4. The van der Waals surface area contributed by atoms with Gasteiger partial charge in [0, 0.05) is 18.4 Å². The Labute approximate surface area is 156 Å². The number of amides is 1. The molecule has 0 fully saturated rings. The molecular weight excluding hydrogens is 346 g/mol. The third-order valence-corrected chi connectivity index (χ3v) is 3.92. The number of methoxy groups -OCH3 is 1. The molecule has 7 heteroatoms. The monoisotopic (exact) mass is 365 g/mol. The van der Waals surface area contributed by atoms with Crippen LogP contribution in [0.25, 0.3) is 11.4 Å². The minimum atomic E-state index is -0.509. The smallest absolute Gasteiger partial charge is 0.339 e. The first-order chi connectivity index (χ1) is 13.1. The molecule has 3 aromatic rings. The molecule has 0 radical (unpaired) electrons. The van der Waals surface area contributed by atoms with Gasteiger partial charge in [0.05, 0.1) is 18.4 Å². The molecule has 138 valence electrons. The summed E-state index contributed by atoms with van der Waals surface area (Å²) in [7, 11) is 1.29. The SMILES string of the molecule is COC(=O)c1ccccc1NC(=O)CCc1nc(-c2cccc(C)c2)no1. The van der Waals surface area contributed by atoms with Crippen LogP contribution in [0.15, 0.2) is 53.1 Å². The predicted molar refractivity (Wildman–Crippen MR) is 99.2 cm³/mol. The van der Waals surface area contributed by atoms with Crippen molar-refractivity contribution in [3.05, 3.63) is 65.5 Å². The summed E-state index contributed by atoms with van der Waals surface area (Å²) in [5.74, 6) is 0.0975. The Balaban J connectivity index is 1.61. The molecule has 1 amide bonds. The number of para-hydroxylation sites is 1. The number of hydrogen-bond donors (Lipinski definition) is 1. The van der Waals surface area contributed by atoms with Crippen LogP contribution >= 0.6 is 0 Å². The maximum absolute atomic E-state index is 12.2. The molecule has 27 heavy (non-hydrogen) atoms. The highest BCUT2D eigenvalue weighted by molar-refractivity contribution is 6.01. The van der Waals surface area contributed by atoms with Gasteiger partial charge in [-0.2, -0.15) is 4.98 Å². The number of benzene rings is 2. The number of rotatable bonds is 6. The number of nitrogens with one attached hydrogen (secondary N) is 1. The van der Waals surface area contributed by atoms with Crippen LogP contribution in [0, 0.1) is 6.92 Å². The first-order valence-electron chi connectivity index (χ1n) is 8.43. The van der Waals surface area contributed by atoms with E-state index in [0.29, 0.717) is 29.4 Å². The zero-order valence-corrected chi connectivity index (χ0v) is 15.1. The summed E-state index contributed by atoms with van der Waals surface area (Å²) in [5, 5.41) is 6.67. The molecule has 0 aliphatic rings. The van der Waals surface area contributed by atoms with Crippen molar-refractivity contribution in [3.8, 4) is 11.4 Å². The van der Waals surface area contributed by atoms with E-state index < -0.39 is 5.97 Å². The number of nitrogens with zero attached hydrogens (tertiary/aromatic N) is 2. The van der Waals surface area contributed by atoms with E-state index >= 15 is 0 Å². The molecule has 1 N–H and O–H groups in total. The zero-order valence-electron chi connectivity index (χ0n) is 15.1. The van der Waals surface area contributed by atoms with Crippen molar-refractivity contribution in [2.45, 2.75) is 19.8 Å². The normalized spacial score (nSPS) is 10.4. The fourth-order valence-electron chi connectivity index (χ4n) is 2.57. The Morgan fingerprint density at radius 2 is 1.96 bits per heavy atom. The van der Waals surface area contributed by atoms with Crippen molar-refractivity contribution < 1.29 is 18.8 Å². The summed E-state index contributed by atoms with van der Waals surface area (Å²) < 4.78 is 9.94. The average molecular weight is 365 g/mol. The Kier molecular flexibility index (Phi) is 5.61. The maximum Gasteiger partial charge on any atom is 0.339 e. The van der Waals surface area contributed by atoms with Crippen molar-refractivity contribution in [1.82, 2.24) is 10.1 Å². The van der Waals surface area contributed by atoms with Crippen LogP contribution in [0.1, 0.15) is 28.2 Å². The molecule has 0 aliphatic heterocycles. The van der Waals surface area contributed by atoms with Crippen LogP contribution < -0.4 is 5.32 Å². The number of ether oxygens (including phenoxy) is 1. The van der Waals surface area contributed by atoms with Gasteiger partial charge in [-0.3, -0.25) is 4.79 Å². The number of hydrogen-bond acceptors (Lipinski definition) is 6. The number of aromatic nitrogens is 2. The van der Waals surface area contributed by atoms with Gasteiger partial charge in [0.25, 0.3) is 0 Å². The van der Waals surface area contributed by atoms with Gasteiger partial charge in [0.15, 0.2) is 0 Å². The minimum absolute atomic E-state index is 0.144. The van der Waals surface area contributed by atoms with Gasteiger partial charge in [0.1, 0.15) is 0 Å². The highest BCUT2D eigenvalue weighted by atomic mass is 16.5. The lowest BCUT2D eigenvalue weighted by atomic mass is 10.1. The quantitative estimate of drug-likeness (QED) is 0.673. The van der Waals surface area contributed by atoms with Crippen molar-refractivity contribution in [2.75, 3.05) is 12.4 Å². The highest BCUT2D eigenvalue weighted by Crippen LogP contribution is 2.19. The number of aryl methyl sites for hydroxylation is 2. The first kappa shape index (κ1) is 18.3. The molecule has 0 spiro atoms. The van der Waals surface area contributed by atoms with E-state index in [2.05, 4.69) is 15.5 Å². The second-order valence-corrected chi connectivity index (χ2v) is 5.97. The molecular formula is C20H19N3O4. The van der Waals surface area contributed by atoms with Gasteiger partial charge in [0.2, 0.25) is 17.6 Å². The molecule has 0 saturated carbocycles. The molecule has 2 aromatic carbocycles. The largest absolute Gasteiger partial charge is 0.465 e. The Morgan fingerprint density at radius 3 is 2.74 bits per heavy atom. The molecule has 0 atom stereocenters. The number of esters is 1. The summed E-state index contributed by atoms with van der Waals surface area (Å²) in [4.78, 5) is 28.3. The third kappa shape index (κ3) is 4.58. The Morgan fingerprint density at radius 1 is 1.15 bits per heavy atom. The third-order valence-electron chi connectivity index (χ3n) is 3.92. The fourth-order valence-corrected chi connectivity index (χ4v) is 2.57.